The second kappa shape index (κ2) is 15.8. The molecule has 7 heteroatoms. The summed E-state index contributed by atoms with van der Waals surface area (Å²) in [6.07, 6.45) is 5.27. The van der Waals surface area contributed by atoms with Gasteiger partial charge >= 0.3 is 5.97 Å². The van der Waals surface area contributed by atoms with Gasteiger partial charge in [0.15, 0.2) is 0 Å². The molecule has 0 spiro atoms. The zero-order valence-corrected chi connectivity index (χ0v) is 24.7. The SMILES string of the molecule is CC(C)(C)S(C)(c1ccccc1)c1ccccc1.CC/C=C(/C(=O)OC[C@H]1COCCN1)C(CCO)=NC. The molecule has 38 heavy (non-hydrogen) atoms. The minimum atomic E-state index is -1.01. The van der Waals surface area contributed by atoms with Crippen LogP contribution in [0.25, 0.3) is 0 Å². The Morgan fingerprint density at radius 1 is 1.13 bits per heavy atom. The molecule has 1 aliphatic heterocycles. The Morgan fingerprint density at radius 3 is 2.13 bits per heavy atom. The van der Waals surface area contributed by atoms with Gasteiger partial charge in [0.2, 0.25) is 0 Å². The number of hydrogen-bond donors (Lipinski definition) is 2. The number of ether oxygens (including phenoxy) is 2. The van der Waals surface area contributed by atoms with Crippen molar-refractivity contribution in [2.45, 2.75) is 61.1 Å². The molecule has 1 aliphatic rings. The van der Waals surface area contributed by atoms with Crippen LogP contribution in [0.2, 0.25) is 0 Å². The molecule has 1 atom stereocenters. The lowest BCUT2D eigenvalue weighted by molar-refractivity contribution is -0.140. The zero-order valence-electron chi connectivity index (χ0n) is 23.9. The van der Waals surface area contributed by atoms with Crippen LogP contribution in [-0.2, 0) is 14.3 Å². The van der Waals surface area contributed by atoms with E-state index in [9.17, 15) is 4.79 Å². The number of hydrogen-bond acceptors (Lipinski definition) is 6. The number of nitrogens with one attached hydrogen (secondary N) is 1. The molecule has 1 saturated heterocycles. The predicted molar refractivity (Wildman–Crippen MR) is 160 cm³/mol. The maximum Gasteiger partial charge on any atom is 0.339 e. The number of carbonyl (C=O) groups is 1. The molecule has 2 N–H and O–H groups in total. The van der Waals surface area contributed by atoms with Crippen LogP contribution in [-0.4, -0.2) is 73.9 Å². The molecule has 0 amide bonds. The van der Waals surface area contributed by atoms with Crippen molar-refractivity contribution in [3.05, 3.63) is 72.3 Å². The van der Waals surface area contributed by atoms with Gasteiger partial charge in [-0.3, -0.25) is 4.99 Å². The summed E-state index contributed by atoms with van der Waals surface area (Å²) in [5.41, 5.74) is 1.02. The molecule has 0 radical (unpaired) electrons. The predicted octanol–water partition coefficient (Wildman–Crippen LogP) is 5.65. The number of rotatable bonds is 9. The van der Waals surface area contributed by atoms with Crippen LogP contribution in [0.15, 0.2) is 87.1 Å². The maximum atomic E-state index is 12.1. The number of nitrogens with zero attached hydrogens (tertiary/aromatic N) is 1. The van der Waals surface area contributed by atoms with Crippen molar-refractivity contribution in [2.24, 2.45) is 4.99 Å². The molecular weight excluding hydrogens is 496 g/mol. The number of aliphatic hydroxyl groups excluding tert-OH is 1. The molecule has 1 fully saturated rings. The second-order valence-corrected chi connectivity index (χ2v) is 14.2. The van der Waals surface area contributed by atoms with Crippen LogP contribution >= 0.6 is 10.0 Å². The first kappa shape index (κ1) is 31.8. The first-order valence-corrected chi connectivity index (χ1v) is 15.4. The van der Waals surface area contributed by atoms with Gasteiger partial charge in [0, 0.05) is 26.6 Å². The number of benzene rings is 2. The summed E-state index contributed by atoms with van der Waals surface area (Å²) in [7, 11) is 0.597. The summed E-state index contributed by atoms with van der Waals surface area (Å²) >= 11 is 0. The highest BCUT2D eigenvalue weighted by Gasteiger charge is 2.35. The largest absolute Gasteiger partial charge is 0.460 e. The van der Waals surface area contributed by atoms with Crippen LogP contribution in [0.3, 0.4) is 0 Å². The Balaban J connectivity index is 0.000000268. The van der Waals surface area contributed by atoms with Crippen LogP contribution in [0.1, 0.15) is 40.5 Å². The highest BCUT2D eigenvalue weighted by atomic mass is 32.3. The summed E-state index contributed by atoms with van der Waals surface area (Å²) in [5.74, 6) is -0.395. The van der Waals surface area contributed by atoms with Gasteiger partial charge in [-0.05, 0) is 51.5 Å². The van der Waals surface area contributed by atoms with Gasteiger partial charge in [-0.15, -0.1) is 0 Å². The van der Waals surface area contributed by atoms with Crippen molar-refractivity contribution in [3.8, 4) is 0 Å². The lowest BCUT2D eigenvalue weighted by Gasteiger charge is -2.48. The quantitative estimate of drug-likeness (QED) is 0.243. The van der Waals surface area contributed by atoms with E-state index in [1.807, 2.05) is 6.92 Å². The molecule has 0 unspecified atom stereocenters. The van der Waals surface area contributed by atoms with Gasteiger partial charge in [-0.25, -0.2) is 4.79 Å². The third-order valence-corrected chi connectivity index (χ3v) is 11.5. The zero-order chi connectivity index (χ0) is 28.0. The van der Waals surface area contributed by atoms with Gasteiger partial charge in [0.1, 0.15) is 6.61 Å². The summed E-state index contributed by atoms with van der Waals surface area (Å²) in [6, 6.07) is 21.9. The van der Waals surface area contributed by atoms with E-state index in [1.54, 1.807) is 13.1 Å². The molecule has 6 nitrogen and oxygen atoms in total. The number of esters is 1. The van der Waals surface area contributed by atoms with Crippen molar-refractivity contribution in [1.82, 2.24) is 5.32 Å². The minimum Gasteiger partial charge on any atom is -0.460 e. The summed E-state index contributed by atoms with van der Waals surface area (Å²) < 4.78 is 10.9. The highest BCUT2D eigenvalue weighted by Crippen LogP contribution is 2.67. The van der Waals surface area contributed by atoms with Gasteiger partial charge in [0.05, 0.1) is 30.5 Å². The molecule has 0 saturated carbocycles. The molecule has 0 aliphatic carbocycles. The normalized spacial score (nSPS) is 17.3. The minimum absolute atomic E-state index is 0.0374. The van der Waals surface area contributed by atoms with Crippen LogP contribution in [0.5, 0.6) is 0 Å². The monoisotopic (exact) mass is 542 g/mol. The van der Waals surface area contributed by atoms with Crippen molar-refractivity contribution in [1.29, 1.82) is 0 Å². The van der Waals surface area contributed by atoms with Crippen molar-refractivity contribution < 1.29 is 19.4 Å². The summed E-state index contributed by atoms with van der Waals surface area (Å²) in [6.45, 7) is 11.2. The first-order valence-electron chi connectivity index (χ1n) is 13.3. The molecule has 0 aromatic heterocycles. The second-order valence-electron chi connectivity index (χ2n) is 10.2. The fourth-order valence-corrected chi connectivity index (χ4v) is 7.29. The highest BCUT2D eigenvalue weighted by molar-refractivity contribution is 8.34. The van der Waals surface area contributed by atoms with Gasteiger partial charge in [-0.1, -0.05) is 70.2 Å². The molecule has 2 aromatic rings. The summed E-state index contributed by atoms with van der Waals surface area (Å²) in [4.78, 5) is 19.1. The van der Waals surface area contributed by atoms with E-state index in [4.69, 9.17) is 14.6 Å². The van der Waals surface area contributed by atoms with Crippen molar-refractivity contribution >= 4 is 21.7 Å². The Labute approximate surface area is 230 Å². The van der Waals surface area contributed by atoms with Crippen LogP contribution < -0.4 is 5.32 Å². The molecule has 3 rings (SSSR count). The van der Waals surface area contributed by atoms with Crippen LogP contribution in [0, 0.1) is 0 Å². The Hall–Kier alpha value is -2.45. The Bertz CT molecular complexity index is 987. The number of carbonyl (C=O) groups excluding carboxylic acids is 1. The van der Waals surface area contributed by atoms with E-state index in [-0.39, 0.29) is 24.0 Å². The van der Waals surface area contributed by atoms with E-state index in [1.165, 1.54) is 9.79 Å². The number of allylic oxidation sites excluding steroid dienone is 1. The van der Waals surface area contributed by atoms with Crippen LogP contribution in [0.4, 0.5) is 0 Å². The smallest absolute Gasteiger partial charge is 0.339 e. The van der Waals surface area contributed by atoms with E-state index >= 15 is 0 Å². The lowest BCUT2D eigenvalue weighted by atomic mass is 10.1. The molecule has 1 heterocycles. The van der Waals surface area contributed by atoms with Crippen molar-refractivity contribution in [2.75, 3.05) is 46.3 Å². The number of aliphatic hydroxyl groups is 1. The molecule has 210 valence electrons. The van der Waals surface area contributed by atoms with E-state index in [2.05, 4.69) is 98.0 Å². The summed E-state index contributed by atoms with van der Waals surface area (Å²) in [5, 5.41) is 12.2. The van der Waals surface area contributed by atoms with Gasteiger partial charge < -0.3 is 19.9 Å². The third kappa shape index (κ3) is 8.80. The Morgan fingerprint density at radius 2 is 1.71 bits per heavy atom. The van der Waals surface area contributed by atoms with E-state index in [0.29, 0.717) is 37.3 Å². The molecule has 2 aromatic carbocycles. The molecular formula is C31H46N2O4S. The van der Waals surface area contributed by atoms with E-state index < -0.39 is 16.0 Å². The standard InChI is InChI=1S/C17H22S.C14H24N2O4/c1-17(2,3)18(4,15-11-7-5-8-12-15)16-13-9-6-10-14-16;1-3-4-12(13(15-2)5-7-17)14(18)20-10-11-9-19-8-6-16-11/h5-14H,1-4H3;4,11,16-17H,3,5-10H2,1-2H3/b;12-4+,15-13?/t;11-/m.1/s1. The topological polar surface area (TPSA) is 80.2 Å². The fraction of sp³-hybridized carbons (Fsp3) is 0.484. The Kier molecular flexibility index (Phi) is 13.2. The maximum absolute atomic E-state index is 12.1. The number of morpholine rings is 1. The van der Waals surface area contributed by atoms with Crippen molar-refractivity contribution in [3.63, 3.8) is 0 Å². The average molecular weight is 543 g/mol. The van der Waals surface area contributed by atoms with Gasteiger partial charge in [-0.2, -0.15) is 10.0 Å². The first-order chi connectivity index (χ1) is 18.2. The number of aliphatic imine (C=N–C) groups is 1. The third-order valence-electron chi connectivity index (χ3n) is 6.63. The van der Waals surface area contributed by atoms with Gasteiger partial charge in [0.25, 0.3) is 0 Å². The molecule has 0 bridgehead atoms. The average Bonchev–Trinajstić information content (AvgIpc) is 2.94. The lowest BCUT2D eigenvalue weighted by Crippen LogP contribution is -2.44. The fourth-order valence-electron chi connectivity index (χ4n) is 4.21. The van der Waals surface area contributed by atoms with E-state index in [0.717, 1.165) is 6.54 Å².